The molecule has 90 valence electrons. The lowest BCUT2D eigenvalue weighted by atomic mass is 9.85. The van der Waals surface area contributed by atoms with Crippen molar-refractivity contribution in [1.82, 2.24) is 0 Å². The molecule has 2 heteroatoms. The Balaban J connectivity index is 2.75. The van der Waals surface area contributed by atoms with Gasteiger partial charge in [0.05, 0.1) is 0 Å². The van der Waals surface area contributed by atoms with Crippen LogP contribution >= 0.6 is 11.8 Å². The highest BCUT2D eigenvalue weighted by Gasteiger charge is 2.14. The zero-order valence-electron chi connectivity index (χ0n) is 10.6. The van der Waals surface area contributed by atoms with Gasteiger partial charge in [0, 0.05) is 4.90 Å². The number of hydrogen-bond acceptors (Lipinski definition) is 2. The second kappa shape index (κ2) is 6.97. The van der Waals surface area contributed by atoms with Crippen LogP contribution in [0.3, 0.4) is 0 Å². The summed E-state index contributed by atoms with van der Waals surface area (Å²) in [5, 5.41) is 0. The molecule has 1 unspecified atom stereocenters. The van der Waals surface area contributed by atoms with Gasteiger partial charge in [-0.05, 0) is 55.2 Å². The van der Waals surface area contributed by atoms with E-state index in [1.54, 1.807) is 11.8 Å². The van der Waals surface area contributed by atoms with Crippen molar-refractivity contribution < 1.29 is 0 Å². The Hall–Kier alpha value is -0.470. The first-order valence-corrected chi connectivity index (χ1v) is 7.25. The lowest BCUT2D eigenvalue weighted by molar-refractivity contribution is 0.458. The van der Waals surface area contributed by atoms with Gasteiger partial charge in [-0.2, -0.15) is 0 Å². The molecule has 1 rings (SSSR count). The number of rotatable bonds is 6. The van der Waals surface area contributed by atoms with Crippen LogP contribution < -0.4 is 5.73 Å². The van der Waals surface area contributed by atoms with Crippen LogP contribution in [0.4, 0.5) is 0 Å². The first-order valence-electron chi connectivity index (χ1n) is 6.03. The fourth-order valence-electron chi connectivity index (χ4n) is 2.07. The van der Waals surface area contributed by atoms with Crippen LogP contribution in [-0.2, 0) is 0 Å². The van der Waals surface area contributed by atoms with Crippen molar-refractivity contribution in [1.29, 1.82) is 0 Å². The monoisotopic (exact) mass is 237 g/mol. The van der Waals surface area contributed by atoms with Crippen LogP contribution in [0, 0.1) is 5.92 Å². The van der Waals surface area contributed by atoms with Crippen LogP contribution in [0.2, 0.25) is 0 Å². The predicted molar refractivity (Wildman–Crippen MR) is 74.1 cm³/mol. The molecule has 0 aliphatic rings. The van der Waals surface area contributed by atoms with E-state index in [1.807, 2.05) is 0 Å². The molecule has 0 saturated heterocycles. The predicted octanol–water partition coefficient (Wildman–Crippen LogP) is 3.89. The molecular weight excluding hydrogens is 214 g/mol. The van der Waals surface area contributed by atoms with E-state index in [2.05, 4.69) is 44.4 Å². The highest BCUT2D eigenvalue weighted by Crippen LogP contribution is 2.30. The van der Waals surface area contributed by atoms with Gasteiger partial charge in [-0.15, -0.1) is 11.8 Å². The number of nitrogens with two attached hydrogens (primary N) is 1. The van der Waals surface area contributed by atoms with Crippen LogP contribution in [-0.4, -0.2) is 12.8 Å². The van der Waals surface area contributed by atoms with Gasteiger partial charge in [-0.25, -0.2) is 0 Å². The van der Waals surface area contributed by atoms with Crippen molar-refractivity contribution in [2.75, 3.05) is 12.8 Å². The van der Waals surface area contributed by atoms with Crippen molar-refractivity contribution in [3.63, 3.8) is 0 Å². The summed E-state index contributed by atoms with van der Waals surface area (Å²) in [4.78, 5) is 1.34. The van der Waals surface area contributed by atoms with Crippen molar-refractivity contribution in [2.24, 2.45) is 11.7 Å². The standard InChI is InChI=1S/C14H23NS/c1-11(2)14(5-4-10-15)12-6-8-13(16-3)9-7-12/h6-9,11,14H,4-5,10,15H2,1-3H3. The highest BCUT2D eigenvalue weighted by atomic mass is 32.2. The summed E-state index contributed by atoms with van der Waals surface area (Å²) in [5.41, 5.74) is 7.06. The molecule has 16 heavy (non-hydrogen) atoms. The van der Waals surface area contributed by atoms with Gasteiger partial charge in [0.25, 0.3) is 0 Å². The van der Waals surface area contributed by atoms with Gasteiger partial charge in [0.1, 0.15) is 0 Å². The molecule has 2 N–H and O–H groups in total. The molecule has 0 bridgehead atoms. The average molecular weight is 237 g/mol. The van der Waals surface area contributed by atoms with Crippen molar-refractivity contribution in [3.05, 3.63) is 29.8 Å². The fourth-order valence-corrected chi connectivity index (χ4v) is 2.48. The van der Waals surface area contributed by atoms with Gasteiger partial charge in [-0.3, -0.25) is 0 Å². The number of thioether (sulfide) groups is 1. The Morgan fingerprint density at radius 3 is 2.25 bits per heavy atom. The Kier molecular flexibility index (Phi) is 5.93. The third kappa shape index (κ3) is 3.84. The van der Waals surface area contributed by atoms with Crippen molar-refractivity contribution >= 4 is 11.8 Å². The SMILES string of the molecule is CSc1ccc(C(CCCN)C(C)C)cc1. The first-order chi connectivity index (χ1) is 7.69. The summed E-state index contributed by atoms with van der Waals surface area (Å²) in [5.74, 6) is 1.34. The van der Waals surface area contributed by atoms with E-state index >= 15 is 0 Å². The minimum Gasteiger partial charge on any atom is -0.330 e. The zero-order valence-corrected chi connectivity index (χ0v) is 11.4. The summed E-state index contributed by atoms with van der Waals surface area (Å²) in [6, 6.07) is 8.98. The smallest absolute Gasteiger partial charge is 0.00693 e. The van der Waals surface area contributed by atoms with E-state index in [9.17, 15) is 0 Å². The Labute approximate surface area is 104 Å². The molecule has 0 amide bonds. The molecule has 0 heterocycles. The van der Waals surface area contributed by atoms with Crippen LogP contribution in [0.25, 0.3) is 0 Å². The molecule has 1 nitrogen and oxygen atoms in total. The van der Waals surface area contributed by atoms with Crippen LogP contribution in [0.5, 0.6) is 0 Å². The maximum atomic E-state index is 5.60. The molecule has 0 aliphatic heterocycles. The largest absolute Gasteiger partial charge is 0.330 e. The van der Waals surface area contributed by atoms with Gasteiger partial charge < -0.3 is 5.73 Å². The topological polar surface area (TPSA) is 26.0 Å². The van der Waals surface area contributed by atoms with E-state index in [0.717, 1.165) is 13.0 Å². The van der Waals surface area contributed by atoms with Crippen molar-refractivity contribution in [3.8, 4) is 0 Å². The summed E-state index contributed by atoms with van der Waals surface area (Å²) in [6.45, 7) is 5.39. The van der Waals surface area contributed by atoms with Gasteiger partial charge in [-0.1, -0.05) is 26.0 Å². The maximum Gasteiger partial charge on any atom is 0.00693 e. The number of benzene rings is 1. The van der Waals surface area contributed by atoms with Crippen LogP contribution in [0.1, 0.15) is 38.2 Å². The molecular formula is C14H23NS. The minimum atomic E-state index is 0.652. The van der Waals surface area contributed by atoms with E-state index in [-0.39, 0.29) is 0 Å². The third-order valence-electron chi connectivity index (χ3n) is 3.07. The van der Waals surface area contributed by atoms with Crippen LogP contribution in [0.15, 0.2) is 29.2 Å². The summed E-state index contributed by atoms with van der Waals surface area (Å²) < 4.78 is 0. The molecule has 0 fully saturated rings. The summed E-state index contributed by atoms with van der Waals surface area (Å²) >= 11 is 1.80. The quantitative estimate of drug-likeness (QED) is 0.760. The van der Waals surface area contributed by atoms with E-state index in [4.69, 9.17) is 5.73 Å². The first kappa shape index (κ1) is 13.6. The highest BCUT2D eigenvalue weighted by molar-refractivity contribution is 7.98. The normalized spacial score (nSPS) is 13.1. The third-order valence-corrected chi connectivity index (χ3v) is 3.81. The zero-order chi connectivity index (χ0) is 12.0. The van der Waals surface area contributed by atoms with E-state index in [1.165, 1.54) is 16.9 Å². The number of hydrogen-bond donors (Lipinski definition) is 1. The molecule has 0 radical (unpaired) electrons. The van der Waals surface area contributed by atoms with E-state index in [0.29, 0.717) is 11.8 Å². The lowest BCUT2D eigenvalue weighted by Gasteiger charge is -2.21. The minimum absolute atomic E-state index is 0.652. The molecule has 0 spiro atoms. The average Bonchev–Trinajstić information content (AvgIpc) is 2.30. The van der Waals surface area contributed by atoms with Gasteiger partial charge >= 0.3 is 0 Å². The lowest BCUT2D eigenvalue weighted by Crippen LogP contribution is -2.09. The van der Waals surface area contributed by atoms with E-state index < -0.39 is 0 Å². The molecule has 0 aromatic heterocycles. The second-order valence-corrected chi connectivity index (χ2v) is 5.43. The Bertz CT molecular complexity index is 292. The molecule has 0 aliphatic carbocycles. The molecule has 1 atom stereocenters. The molecule has 0 saturated carbocycles. The maximum absolute atomic E-state index is 5.60. The van der Waals surface area contributed by atoms with Crippen molar-refractivity contribution in [2.45, 2.75) is 37.5 Å². The summed E-state index contributed by atoms with van der Waals surface area (Å²) in [7, 11) is 0. The fraction of sp³-hybridized carbons (Fsp3) is 0.571. The summed E-state index contributed by atoms with van der Waals surface area (Å²) in [6.07, 6.45) is 4.43. The molecule has 1 aromatic carbocycles. The second-order valence-electron chi connectivity index (χ2n) is 4.55. The molecule has 1 aromatic rings. The Morgan fingerprint density at radius 2 is 1.81 bits per heavy atom. The Morgan fingerprint density at radius 1 is 1.19 bits per heavy atom. The van der Waals surface area contributed by atoms with Gasteiger partial charge in [0.2, 0.25) is 0 Å². The van der Waals surface area contributed by atoms with Gasteiger partial charge in [0.15, 0.2) is 0 Å².